The minimum Gasteiger partial charge on any atom is -0.326 e. The SMILES string of the molecule is Cc1nc(Nc2cc(CC(=O)Nc3cccc(F)c3)[nH]n2)nc(N(C)c2ccccc2C)n1. The highest BCUT2D eigenvalue weighted by Crippen LogP contribution is 2.25. The van der Waals surface area contributed by atoms with Crippen molar-refractivity contribution < 1.29 is 9.18 Å². The number of H-pyrrole nitrogens is 1. The molecule has 0 saturated carbocycles. The van der Waals surface area contributed by atoms with E-state index in [4.69, 9.17) is 0 Å². The van der Waals surface area contributed by atoms with Crippen LogP contribution in [-0.4, -0.2) is 38.1 Å². The molecule has 0 atom stereocenters. The molecular formula is C23H23FN8O. The zero-order valence-electron chi connectivity index (χ0n) is 18.4. The summed E-state index contributed by atoms with van der Waals surface area (Å²) in [5.74, 6) is 1.12. The van der Waals surface area contributed by atoms with Gasteiger partial charge >= 0.3 is 0 Å². The number of nitrogens with zero attached hydrogens (tertiary/aromatic N) is 5. The largest absolute Gasteiger partial charge is 0.326 e. The second kappa shape index (κ2) is 9.43. The van der Waals surface area contributed by atoms with Crippen molar-refractivity contribution >= 4 is 35.0 Å². The van der Waals surface area contributed by atoms with Crippen LogP contribution >= 0.6 is 0 Å². The summed E-state index contributed by atoms with van der Waals surface area (Å²) in [5, 5.41) is 12.7. The maximum absolute atomic E-state index is 13.3. The summed E-state index contributed by atoms with van der Waals surface area (Å²) in [5.41, 5.74) is 3.06. The van der Waals surface area contributed by atoms with Crippen molar-refractivity contribution in [1.82, 2.24) is 25.1 Å². The highest BCUT2D eigenvalue weighted by Gasteiger charge is 2.14. The topological polar surface area (TPSA) is 112 Å². The van der Waals surface area contributed by atoms with Crippen molar-refractivity contribution in [3.8, 4) is 0 Å². The molecule has 10 heteroatoms. The average Bonchev–Trinajstić information content (AvgIpc) is 3.19. The van der Waals surface area contributed by atoms with E-state index >= 15 is 0 Å². The fourth-order valence-corrected chi connectivity index (χ4v) is 3.30. The molecule has 0 bridgehead atoms. The van der Waals surface area contributed by atoms with E-state index < -0.39 is 5.82 Å². The smallest absolute Gasteiger partial charge is 0.234 e. The van der Waals surface area contributed by atoms with Gasteiger partial charge in [0, 0.05) is 30.2 Å². The van der Waals surface area contributed by atoms with Crippen LogP contribution in [0.4, 0.5) is 33.5 Å². The number of rotatable bonds is 7. The molecule has 0 unspecified atom stereocenters. The number of carbonyl (C=O) groups is 1. The van der Waals surface area contributed by atoms with Crippen LogP contribution in [-0.2, 0) is 11.2 Å². The Labute approximate surface area is 190 Å². The Kier molecular flexibility index (Phi) is 6.25. The van der Waals surface area contributed by atoms with E-state index in [-0.39, 0.29) is 12.3 Å². The maximum atomic E-state index is 13.3. The Bertz CT molecular complexity index is 1290. The monoisotopic (exact) mass is 446 g/mol. The Hall–Kier alpha value is -4.34. The Morgan fingerprint density at radius 1 is 1.06 bits per heavy atom. The highest BCUT2D eigenvalue weighted by molar-refractivity contribution is 5.92. The summed E-state index contributed by atoms with van der Waals surface area (Å²) in [6.07, 6.45) is 0.0443. The third-order valence-corrected chi connectivity index (χ3v) is 4.84. The van der Waals surface area contributed by atoms with Crippen molar-refractivity contribution in [2.24, 2.45) is 0 Å². The normalized spacial score (nSPS) is 10.7. The predicted octanol–water partition coefficient (Wildman–Crippen LogP) is 4.04. The van der Waals surface area contributed by atoms with Crippen LogP contribution in [0.1, 0.15) is 17.1 Å². The number of para-hydroxylation sites is 1. The van der Waals surface area contributed by atoms with Crippen molar-refractivity contribution in [2.45, 2.75) is 20.3 Å². The fourth-order valence-electron chi connectivity index (χ4n) is 3.30. The van der Waals surface area contributed by atoms with Gasteiger partial charge in [-0.25, -0.2) is 4.39 Å². The number of aromatic amines is 1. The molecule has 0 fully saturated rings. The first kappa shape index (κ1) is 21.9. The number of hydrogen-bond donors (Lipinski definition) is 3. The molecule has 0 radical (unpaired) electrons. The standard InChI is InChI=1S/C23H23FN8O/c1-14-7-4-5-10-19(14)32(3)23-26-15(2)25-22(29-23)28-20-12-18(30-31-20)13-21(33)27-17-9-6-8-16(24)11-17/h4-12H,13H2,1-3H3,(H,27,33)(H2,25,26,28,29,30,31). The molecule has 0 aliphatic carbocycles. The van der Waals surface area contributed by atoms with E-state index in [1.165, 1.54) is 18.2 Å². The second-order valence-corrected chi connectivity index (χ2v) is 7.49. The summed E-state index contributed by atoms with van der Waals surface area (Å²) in [6.45, 7) is 3.81. The van der Waals surface area contributed by atoms with Gasteiger partial charge in [0.05, 0.1) is 6.42 Å². The zero-order valence-corrected chi connectivity index (χ0v) is 18.4. The first-order valence-corrected chi connectivity index (χ1v) is 10.3. The molecule has 168 valence electrons. The van der Waals surface area contributed by atoms with Crippen LogP contribution in [0.25, 0.3) is 0 Å². The lowest BCUT2D eigenvalue weighted by Gasteiger charge is -2.19. The lowest BCUT2D eigenvalue weighted by atomic mass is 10.2. The van der Waals surface area contributed by atoms with Crippen LogP contribution in [0.2, 0.25) is 0 Å². The number of nitrogens with one attached hydrogen (secondary N) is 3. The minimum atomic E-state index is -0.416. The van der Waals surface area contributed by atoms with Gasteiger partial charge in [-0.2, -0.15) is 20.1 Å². The van der Waals surface area contributed by atoms with Crippen molar-refractivity contribution in [1.29, 1.82) is 0 Å². The van der Waals surface area contributed by atoms with Crippen LogP contribution in [0.5, 0.6) is 0 Å². The molecule has 4 aromatic rings. The van der Waals surface area contributed by atoms with Gasteiger partial charge in [-0.05, 0) is 43.7 Å². The number of anilines is 5. The summed E-state index contributed by atoms with van der Waals surface area (Å²) < 4.78 is 13.3. The Morgan fingerprint density at radius 3 is 2.67 bits per heavy atom. The van der Waals surface area contributed by atoms with E-state index in [0.29, 0.717) is 34.9 Å². The Balaban J connectivity index is 1.44. The van der Waals surface area contributed by atoms with E-state index in [9.17, 15) is 9.18 Å². The molecule has 0 aliphatic rings. The van der Waals surface area contributed by atoms with E-state index in [1.807, 2.05) is 43.1 Å². The molecule has 0 saturated heterocycles. The number of aryl methyl sites for hydroxylation is 2. The van der Waals surface area contributed by atoms with Gasteiger partial charge in [0.25, 0.3) is 0 Å². The lowest BCUT2D eigenvalue weighted by Crippen LogP contribution is -2.16. The van der Waals surface area contributed by atoms with Crippen LogP contribution in [0.3, 0.4) is 0 Å². The van der Waals surface area contributed by atoms with Gasteiger partial charge in [-0.3, -0.25) is 9.89 Å². The molecule has 9 nitrogen and oxygen atoms in total. The average molecular weight is 446 g/mol. The third-order valence-electron chi connectivity index (χ3n) is 4.84. The fraction of sp³-hybridized carbons (Fsp3) is 0.174. The number of hydrogen-bond acceptors (Lipinski definition) is 7. The van der Waals surface area contributed by atoms with Crippen molar-refractivity contribution in [3.05, 3.63) is 77.5 Å². The summed E-state index contributed by atoms with van der Waals surface area (Å²) in [7, 11) is 1.89. The summed E-state index contributed by atoms with van der Waals surface area (Å²) in [6, 6.07) is 15.4. The predicted molar refractivity (Wildman–Crippen MR) is 124 cm³/mol. The molecule has 0 spiro atoms. The van der Waals surface area contributed by atoms with E-state index in [0.717, 1.165) is 11.3 Å². The van der Waals surface area contributed by atoms with Crippen LogP contribution in [0.15, 0.2) is 54.6 Å². The number of carbonyl (C=O) groups excluding carboxylic acids is 1. The number of halogens is 1. The number of aromatic nitrogens is 5. The van der Waals surface area contributed by atoms with Gasteiger partial charge in [0.1, 0.15) is 11.6 Å². The van der Waals surface area contributed by atoms with E-state index in [2.05, 4.69) is 35.8 Å². The molecule has 3 N–H and O–H groups in total. The molecule has 2 aromatic heterocycles. The molecule has 2 heterocycles. The molecular weight excluding hydrogens is 423 g/mol. The second-order valence-electron chi connectivity index (χ2n) is 7.49. The first-order valence-electron chi connectivity index (χ1n) is 10.3. The molecule has 4 rings (SSSR count). The summed E-state index contributed by atoms with van der Waals surface area (Å²) in [4.78, 5) is 27.4. The van der Waals surface area contributed by atoms with Gasteiger partial charge in [0.15, 0.2) is 5.82 Å². The quantitative estimate of drug-likeness (QED) is 0.393. The lowest BCUT2D eigenvalue weighted by molar-refractivity contribution is -0.115. The van der Waals surface area contributed by atoms with Gasteiger partial charge < -0.3 is 15.5 Å². The Morgan fingerprint density at radius 2 is 1.88 bits per heavy atom. The zero-order chi connectivity index (χ0) is 23.4. The first-order chi connectivity index (χ1) is 15.9. The maximum Gasteiger partial charge on any atom is 0.234 e. The molecule has 1 amide bonds. The molecule has 33 heavy (non-hydrogen) atoms. The van der Waals surface area contributed by atoms with Gasteiger partial charge in [0.2, 0.25) is 17.8 Å². The van der Waals surface area contributed by atoms with Gasteiger partial charge in [-0.1, -0.05) is 24.3 Å². The van der Waals surface area contributed by atoms with Crippen molar-refractivity contribution in [2.75, 3.05) is 22.6 Å². The van der Waals surface area contributed by atoms with Crippen LogP contribution < -0.4 is 15.5 Å². The summed E-state index contributed by atoms with van der Waals surface area (Å²) >= 11 is 0. The molecule has 0 aliphatic heterocycles. The van der Waals surface area contributed by atoms with Crippen LogP contribution in [0, 0.1) is 19.7 Å². The van der Waals surface area contributed by atoms with E-state index in [1.54, 1.807) is 19.1 Å². The number of benzene rings is 2. The van der Waals surface area contributed by atoms with Gasteiger partial charge in [-0.15, -0.1) is 0 Å². The molecule has 2 aromatic carbocycles. The van der Waals surface area contributed by atoms with Crippen molar-refractivity contribution in [3.63, 3.8) is 0 Å². The minimum absolute atomic E-state index is 0.0443. The highest BCUT2D eigenvalue weighted by atomic mass is 19.1. The third kappa shape index (κ3) is 5.48. The number of amides is 1.